The SMILES string of the molecule is CC(CNCc1ncc[nH]1)N1CCc2ccccc2C1. The second-order valence-electron chi connectivity index (χ2n) is 5.50. The summed E-state index contributed by atoms with van der Waals surface area (Å²) in [5.41, 5.74) is 3.00. The minimum absolute atomic E-state index is 0.540. The molecule has 1 aromatic carbocycles. The second kappa shape index (κ2) is 6.20. The summed E-state index contributed by atoms with van der Waals surface area (Å²) >= 11 is 0. The molecule has 0 fully saturated rings. The van der Waals surface area contributed by atoms with Crippen LogP contribution in [-0.4, -0.2) is 34.0 Å². The van der Waals surface area contributed by atoms with Crippen molar-refractivity contribution in [3.63, 3.8) is 0 Å². The van der Waals surface area contributed by atoms with Crippen molar-refractivity contribution in [2.45, 2.75) is 32.5 Å². The summed E-state index contributed by atoms with van der Waals surface area (Å²) in [6.07, 6.45) is 4.82. The van der Waals surface area contributed by atoms with Gasteiger partial charge in [0.1, 0.15) is 5.82 Å². The molecule has 106 valence electrons. The zero-order chi connectivity index (χ0) is 13.8. The van der Waals surface area contributed by atoms with Crippen LogP contribution >= 0.6 is 0 Å². The van der Waals surface area contributed by atoms with E-state index in [2.05, 4.69) is 51.4 Å². The molecule has 0 aliphatic carbocycles. The van der Waals surface area contributed by atoms with E-state index in [1.54, 1.807) is 6.20 Å². The van der Waals surface area contributed by atoms with Gasteiger partial charge in [0, 0.05) is 38.1 Å². The van der Waals surface area contributed by atoms with Gasteiger partial charge in [-0.05, 0) is 24.5 Å². The van der Waals surface area contributed by atoms with Crippen LogP contribution in [0, 0.1) is 0 Å². The number of aromatic amines is 1. The molecule has 3 rings (SSSR count). The normalized spacial score (nSPS) is 16.9. The van der Waals surface area contributed by atoms with Crippen LogP contribution in [0.15, 0.2) is 36.7 Å². The van der Waals surface area contributed by atoms with Crippen LogP contribution in [0.5, 0.6) is 0 Å². The average molecular weight is 270 g/mol. The van der Waals surface area contributed by atoms with Gasteiger partial charge in [0.05, 0.1) is 6.54 Å². The van der Waals surface area contributed by atoms with Gasteiger partial charge in [-0.2, -0.15) is 0 Å². The summed E-state index contributed by atoms with van der Waals surface area (Å²) in [7, 11) is 0. The van der Waals surface area contributed by atoms with Crippen molar-refractivity contribution in [3.05, 3.63) is 53.6 Å². The van der Waals surface area contributed by atoms with Crippen molar-refractivity contribution >= 4 is 0 Å². The van der Waals surface area contributed by atoms with Crippen molar-refractivity contribution < 1.29 is 0 Å². The first-order valence-electron chi connectivity index (χ1n) is 7.33. The maximum Gasteiger partial charge on any atom is 0.120 e. The molecule has 0 radical (unpaired) electrons. The van der Waals surface area contributed by atoms with Crippen LogP contribution in [0.1, 0.15) is 23.9 Å². The number of hydrogen-bond donors (Lipinski definition) is 2. The van der Waals surface area contributed by atoms with E-state index in [1.807, 2.05) is 6.20 Å². The standard InChI is InChI=1S/C16H22N4/c1-13(10-17-11-16-18-7-8-19-16)20-9-6-14-4-2-3-5-15(14)12-20/h2-5,7-8,13,17H,6,9-12H2,1H3,(H,18,19). The largest absolute Gasteiger partial charge is 0.348 e. The topological polar surface area (TPSA) is 44.0 Å². The molecule has 2 N–H and O–H groups in total. The number of aromatic nitrogens is 2. The van der Waals surface area contributed by atoms with Crippen molar-refractivity contribution in [3.8, 4) is 0 Å². The Balaban J connectivity index is 1.50. The van der Waals surface area contributed by atoms with Crippen LogP contribution < -0.4 is 5.32 Å². The smallest absolute Gasteiger partial charge is 0.120 e. The van der Waals surface area contributed by atoms with Crippen molar-refractivity contribution in [2.75, 3.05) is 13.1 Å². The minimum Gasteiger partial charge on any atom is -0.348 e. The first-order valence-corrected chi connectivity index (χ1v) is 7.33. The zero-order valence-corrected chi connectivity index (χ0v) is 12.0. The summed E-state index contributed by atoms with van der Waals surface area (Å²) in [5.74, 6) is 1.00. The highest BCUT2D eigenvalue weighted by atomic mass is 15.2. The summed E-state index contributed by atoms with van der Waals surface area (Å²) in [6.45, 7) is 6.31. The molecular formula is C16H22N4. The predicted molar refractivity (Wildman–Crippen MR) is 80.3 cm³/mol. The monoisotopic (exact) mass is 270 g/mol. The predicted octanol–water partition coefficient (Wildman–Crippen LogP) is 1.95. The number of benzene rings is 1. The molecule has 20 heavy (non-hydrogen) atoms. The van der Waals surface area contributed by atoms with Crippen LogP contribution in [0.25, 0.3) is 0 Å². The Bertz CT molecular complexity index is 535. The molecule has 0 amide bonds. The lowest BCUT2D eigenvalue weighted by Gasteiger charge is -2.33. The fraction of sp³-hybridized carbons (Fsp3) is 0.438. The van der Waals surface area contributed by atoms with E-state index in [-0.39, 0.29) is 0 Å². The van der Waals surface area contributed by atoms with Gasteiger partial charge in [0.2, 0.25) is 0 Å². The lowest BCUT2D eigenvalue weighted by molar-refractivity contribution is 0.186. The Kier molecular flexibility index (Phi) is 4.14. The van der Waals surface area contributed by atoms with Gasteiger partial charge in [-0.3, -0.25) is 4.90 Å². The molecule has 1 atom stereocenters. The summed E-state index contributed by atoms with van der Waals surface area (Å²) in [4.78, 5) is 9.89. The third-order valence-corrected chi connectivity index (χ3v) is 4.07. The number of fused-ring (bicyclic) bond motifs is 1. The van der Waals surface area contributed by atoms with Crippen molar-refractivity contribution in [1.29, 1.82) is 0 Å². The quantitative estimate of drug-likeness (QED) is 0.873. The summed E-state index contributed by atoms with van der Waals surface area (Å²) < 4.78 is 0. The maximum absolute atomic E-state index is 4.22. The molecular weight excluding hydrogens is 248 g/mol. The van der Waals surface area contributed by atoms with Crippen LogP contribution in [0.4, 0.5) is 0 Å². The molecule has 2 heterocycles. The van der Waals surface area contributed by atoms with E-state index < -0.39 is 0 Å². The molecule has 0 spiro atoms. The van der Waals surface area contributed by atoms with E-state index in [9.17, 15) is 0 Å². The number of rotatable bonds is 5. The molecule has 4 heteroatoms. The average Bonchev–Trinajstić information content (AvgIpc) is 3.00. The molecule has 1 aliphatic rings. The van der Waals surface area contributed by atoms with Crippen molar-refractivity contribution in [1.82, 2.24) is 20.2 Å². The van der Waals surface area contributed by atoms with E-state index in [0.717, 1.165) is 32.0 Å². The molecule has 2 aromatic rings. The number of hydrogen-bond acceptors (Lipinski definition) is 3. The Morgan fingerprint density at radius 2 is 2.20 bits per heavy atom. The molecule has 0 bridgehead atoms. The van der Waals surface area contributed by atoms with Gasteiger partial charge in [0.15, 0.2) is 0 Å². The van der Waals surface area contributed by atoms with Gasteiger partial charge < -0.3 is 10.3 Å². The fourth-order valence-electron chi connectivity index (χ4n) is 2.82. The third-order valence-electron chi connectivity index (χ3n) is 4.07. The van der Waals surface area contributed by atoms with Gasteiger partial charge in [0.25, 0.3) is 0 Å². The lowest BCUT2D eigenvalue weighted by Crippen LogP contribution is -2.43. The molecule has 1 unspecified atom stereocenters. The Morgan fingerprint density at radius 3 is 3.00 bits per heavy atom. The zero-order valence-electron chi connectivity index (χ0n) is 12.0. The molecule has 0 saturated heterocycles. The van der Waals surface area contributed by atoms with Crippen LogP contribution in [-0.2, 0) is 19.5 Å². The fourth-order valence-corrected chi connectivity index (χ4v) is 2.82. The number of imidazole rings is 1. The van der Waals surface area contributed by atoms with E-state index >= 15 is 0 Å². The second-order valence-corrected chi connectivity index (χ2v) is 5.50. The molecule has 1 aromatic heterocycles. The lowest BCUT2D eigenvalue weighted by atomic mass is 9.99. The van der Waals surface area contributed by atoms with Gasteiger partial charge in [-0.15, -0.1) is 0 Å². The first-order chi connectivity index (χ1) is 9.83. The Labute approximate surface area is 120 Å². The summed E-state index contributed by atoms with van der Waals surface area (Å²) in [6, 6.07) is 9.33. The van der Waals surface area contributed by atoms with Crippen LogP contribution in [0.2, 0.25) is 0 Å². The Hall–Kier alpha value is -1.65. The van der Waals surface area contributed by atoms with Crippen LogP contribution in [0.3, 0.4) is 0 Å². The number of nitrogens with one attached hydrogen (secondary N) is 2. The van der Waals surface area contributed by atoms with Gasteiger partial charge in [-0.25, -0.2) is 4.98 Å². The summed E-state index contributed by atoms with van der Waals surface area (Å²) in [5, 5.41) is 3.47. The first kappa shape index (κ1) is 13.3. The number of nitrogens with zero attached hydrogens (tertiary/aromatic N) is 2. The highest BCUT2D eigenvalue weighted by molar-refractivity contribution is 5.29. The van der Waals surface area contributed by atoms with E-state index in [0.29, 0.717) is 6.04 Å². The maximum atomic E-state index is 4.22. The van der Waals surface area contributed by atoms with E-state index in [4.69, 9.17) is 0 Å². The highest BCUT2D eigenvalue weighted by Crippen LogP contribution is 2.19. The molecule has 1 aliphatic heterocycles. The van der Waals surface area contributed by atoms with Crippen molar-refractivity contribution in [2.24, 2.45) is 0 Å². The van der Waals surface area contributed by atoms with Gasteiger partial charge >= 0.3 is 0 Å². The molecule has 0 saturated carbocycles. The highest BCUT2D eigenvalue weighted by Gasteiger charge is 2.19. The number of H-pyrrole nitrogens is 1. The minimum atomic E-state index is 0.540. The third kappa shape index (κ3) is 3.08. The van der Waals surface area contributed by atoms with E-state index in [1.165, 1.54) is 17.5 Å². The molecule has 4 nitrogen and oxygen atoms in total. The van der Waals surface area contributed by atoms with Gasteiger partial charge in [-0.1, -0.05) is 24.3 Å². The Morgan fingerprint density at radius 1 is 1.35 bits per heavy atom.